The number of benzene rings is 3. The third-order valence-corrected chi connectivity index (χ3v) is 9.14. The number of phenols is 1. The Morgan fingerprint density at radius 3 is 1.88 bits per heavy atom. The van der Waals surface area contributed by atoms with Crippen LogP contribution in [0.3, 0.4) is 0 Å². The zero-order chi connectivity index (χ0) is 36.1. The molecule has 3 amide bonds. The number of hydrogen-bond acceptors (Lipinski definition) is 8. The standard InChI is InChI=1S/C36H49N5O7S/c1-6-18-40(19-7-2)36(46)29-23-27(22-28(24-29)35(45)39(4)5)34(44)37-32(21-26-14-16-30(42)17-15-26)33(43)25-41(20-8-3)38-49(47,48)31-12-10-9-11-13-31/h9-17,22-24,32-33,38,42-43H,6-8,18-21,25H2,1-5H3,(H,37,44). The summed E-state index contributed by atoms with van der Waals surface area (Å²) in [4.78, 5) is 46.2. The van der Waals surface area contributed by atoms with E-state index >= 15 is 0 Å². The monoisotopic (exact) mass is 695 g/mol. The number of carbonyl (C=O) groups is 3. The number of aromatic hydroxyl groups is 1. The first-order chi connectivity index (χ1) is 23.3. The van der Waals surface area contributed by atoms with Crippen molar-refractivity contribution >= 4 is 27.7 Å². The lowest BCUT2D eigenvalue weighted by Crippen LogP contribution is -2.53. The number of nitrogens with zero attached hydrogens (tertiary/aromatic N) is 3. The fourth-order valence-corrected chi connectivity index (χ4v) is 6.47. The smallest absolute Gasteiger partial charge is 0.253 e. The van der Waals surface area contributed by atoms with E-state index in [0.717, 1.165) is 12.8 Å². The maximum Gasteiger partial charge on any atom is 0.253 e. The van der Waals surface area contributed by atoms with Crippen LogP contribution in [-0.2, 0) is 16.4 Å². The molecule has 4 N–H and O–H groups in total. The maximum absolute atomic E-state index is 13.9. The molecule has 2 unspecified atom stereocenters. The third-order valence-electron chi connectivity index (χ3n) is 7.75. The quantitative estimate of drug-likeness (QED) is 0.147. The molecule has 266 valence electrons. The number of aliphatic hydroxyl groups is 1. The van der Waals surface area contributed by atoms with Gasteiger partial charge in [-0.15, -0.1) is 4.83 Å². The Labute approximate surface area is 289 Å². The summed E-state index contributed by atoms with van der Waals surface area (Å²) < 4.78 is 26.2. The first kappa shape index (κ1) is 39.1. The largest absolute Gasteiger partial charge is 0.508 e. The molecule has 3 rings (SSSR count). The minimum Gasteiger partial charge on any atom is -0.508 e. The van der Waals surface area contributed by atoms with Crippen molar-refractivity contribution in [1.82, 2.24) is 25.0 Å². The second-order valence-corrected chi connectivity index (χ2v) is 13.8. The molecule has 0 bridgehead atoms. The molecule has 0 aromatic heterocycles. The number of sulfonamides is 1. The highest BCUT2D eigenvalue weighted by atomic mass is 32.2. The van der Waals surface area contributed by atoms with Gasteiger partial charge < -0.3 is 25.3 Å². The van der Waals surface area contributed by atoms with Gasteiger partial charge in [0.2, 0.25) is 0 Å². The molecular weight excluding hydrogens is 646 g/mol. The van der Waals surface area contributed by atoms with Crippen LogP contribution >= 0.6 is 0 Å². The third kappa shape index (κ3) is 11.4. The molecule has 0 aliphatic carbocycles. The summed E-state index contributed by atoms with van der Waals surface area (Å²) in [5, 5.41) is 25.6. The van der Waals surface area contributed by atoms with Gasteiger partial charge in [-0.3, -0.25) is 14.4 Å². The second-order valence-electron chi connectivity index (χ2n) is 12.2. The fraction of sp³-hybridized carbons (Fsp3) is 0.417. The molecule has 2 atom stereocenters. The highest BCUT2D eigenvalue weighted by molar-refractivity contribution is 7.89. The zero-order valence-corrected chi connectivity index (χ0v) is 29.7. The van der Waals surface area contributed by atoms with Crippen LogP contribution in [0.25, 0.3) is 0 Å². The van der Waals surface area contributed by atoms with Gasteiger partial charge >= 0.3 is 0 Å². The van der Waals surface area contributed by atoms with E-state index in [4.69, 9.17) is 0 Å². The van der Waals surface area contributed by atoms with Crippen molar-refractivity contribution in [2.45, 2.75) is 63.5 Å². The Hall–Kier alpha value is -4.30. The van der Waals surface area contributed by atoms with Crippen LogP contribution in [0.15, 0.2) is 77.7 Å². The number of amides is 3. The van der Waals surface area contributed by atoms with Crippen LogP contribution in [0.2, 0.25) is 0 Å². The van der Waals surface area contributed by atoms with E-state index < -0.39 is 28.1 Å². The molecule has 0 spiro atoms. The number of rotatable bonds is 18. The number of hydrogen-bond donors (Lipinski definition) is 4. The number of aliphatic hydroxyl groups excluding tert-OH is 1. The highest BCUT2D eigenvalue weighted by Crippen LogP contribution is 2.18. The number of nitrogens with one attached hydrogen (secondary N) is 2. The molecular formula is C36H49N5O7S. The molecule has 3 aromatic rings. The maximum atomic E-state index is 13.9. The summed E-state index contributed by atoms with van der Waals surface area (Å²) in [5.74, 6) is -1.26. The summed E-state index contributed by atoms with van der Waals surface area (Å²) in [6.45, 7) is 6.94. The van der Waals surface area contributed by atoms with Gasteiger partial charge in [-0.25, -0.2) is 13.4 Å². The topological polar surface area (TPSA) is 160 Å². The fourth-order valence-electron chi connectivity index (χ4n) is 5.34. The number of carbonyl (C=O) groups excluding carboxylic acids is 3. The van der Waals surface area contributed by atoms with Crippen LogP contribution in [0.4, 0.5) is 0 Å². The van der Waals surface area contributed by atoms with E-state index in [9.17, 15) is 33.0 Å². The van der Waals surface area contributed by atoms with E-state index in [1.807, 2.05) is 20.8 Å². The lowest BCUT2D eigenvalue weighted by Gasteiger charge is -2.30. The summed E-state index contributed by atoms with van der Waals surface area (Å²) >= 11 is 0. The first-order valence-corrected chi connectivity index (χ1v) is 18.0. The van der Waals surface area contributed by atoms with Crippen LogP contribution in [0, 0.1) is 0 Å². The van der Waals surface area contributed by atoms with Crippen LogP contribution in [0.1, 0.15) is 76.7 Å². The first-order valence-electron chi connectivity index (χ1n) is 16.5. The van der Waals surface area contributed by atoms with Crippen LogP contribution < -0.4 is 10.1 Å². The molecule has 0 aliphatic rings. The minimum atomic E-state index is -3.95. The van der Waals surface area contributed by atoms with Gasteiger partial charge in [-0.05, 0) is 73.7 Å². The minimum absolute atomic E-state index is 0.0501. The van der Waals surface area contributed by atoms with Crippen molar-refractivity contribution in [2.24, 2.45) is 0 Å². The average Bonchev–Trinajstić information content (AvgIpc) is 3.08. The van der Waals surface area contributed by atoms with Gasteiger partial charge in [0.05, 0.1) is 17.0 Å². The van der Waals surface area contributed by atoms with Crippen LogP contribution in [0.5, 0.6) is 5.75 Å². The summed E-state index contributed by atoms with van der Waals surface area (Å²) in [6.07, 6.45) is 0.892. The van der Waals surface area contributed by atoms with Gasteiger partial charge in [-0.1, -0.05) is 51.1 Å². The molecule has 0 saturated carbocycles. The predicted octanol–water partition coefficient (Wildman–Crippen LogP) is 3.66. The number of phenolic OH excluding ortho intramolecular Hbond substituents is 1. The second kappa shape index (κ2) is 18.5. The van der Waals surface area contributed by atoms with Crippen molar-refractivity contribution < 1.29 is 33.0 Å². The van der Waals surface area contributed by atoms with Crippen molar-refractivity contribution in [3.8, 4) is 5.75 Å². The zero-order valence-electron chi connectivity index (χ0n) is 28.9. The van der Waals surface area contributed by atoms with Gasteiger partial charge in [-0.2, -0.15) is 0 Å². The Bertz CT molecular complexity index is 1640. The summed E-state index contributed by atoms with van der Waals surface area (Å²) in [5.41, 5.74) is 1.10. The normalized spacial score (nSPS) is 12.7. The Balaban J connectivity index is 1.98. The number of hydrazine groups is 1. The average molecular weight is 696 g/mol. The Morgan fingerprint density at radius 2 is 1.33 bits per heavy atom. The molecule has 0 radical (unpaired) electrons. The van der Waals surface area contributed by atoms with Crippen molar-refractivity contribution in [2.75, 3.05) is 40.3 Å². The molecule has 0 aliphatic heterocycles. The SMILES string of the molecule is CCCN(CC(O)C(Cc1ccc(O)cc1)NC(=O)c1cc(C(=O)N(C)C)cc(C(=O)N(CCC)CCC)c1)NS(=O)(=O)c1ccccc1. The van der Waals surface area contributed by atoms with Gasteiger partial charge in [0.25, 0.3) is 27.7 Å². The lowest BCUT2D eigenvalue weighted by atomic mass is 9.99. The van der Waals surface area contributed by atoms with Crippen molar-refractivity contribution in [1.29, 1.82) is 0 Å². The molecule has 49 heavy (non-hydrogen) atoms. The van der Waals surface area contributed by atoms with Gasteiger partial charge in [0.1, 0.15) is 5.75 Å². The van der Waals surface area contributed by atoms with Crippen molar-refractivity contribution in [3.63, 3.8) is 0 Å². The highest BCUT2D eigenvalue weighted by Gasteiger charge is 2.28. The molecule has 0 fully saturated rings. The van der Waals surface area contributed by atoms with E-state index in [2.05, 4.69) is 10.1 Å². The van der Waals surface area contributed by atoms with E-state index in [0.29, 0.717) is 25.1 Å². The van der Waals surface area contributed by atoms with E-state index in [1.54, 1.807) is 49.3 Å². The molecule has 3 aromatic carbocycles. The molecule has 0 heterocycles. The summed E-state index contributed by atoms with van der Waals surface area (Å²) in [7, 11) is -0.796. The Kier molecular flexibility index (Phi) is 14.7. The summed E-state index contributed by atoms with van der Waals surface area (Å²) in [6, 6.07) is 17.6. The molecule has 12 nitrogen and oxygen atoms in total. The van der Waals surface area contributed by atoms with Crippen LogP contribution in [-0.4, -0.2) is 104 Å². The van der Waals surface area contributed by atoms with E-state index in [-0.39, 0.29) is 58.7 Å². The molecule has 13 heteroatoms. The van der Waals surface area contributed by atoms with E-state index in [1.165, 1.54) is 52.4 Å². The lowest BCUT2D eigenvalue weighted by molar-refractivity contribution is 0.0618. The molecule has 0 saturated heterocycles. The Morgan fingerprint density at radius 1 is 0.776 bits per heavy atom. The van der Waals surface area contributed by atoms with Gasteiger partial charge in [0, 0.05) is 57.0 Å². The predicted molar refractivity (Wildman–Crippen MR) is 189 cm³/mol. The van der Waals surface area contributed by atoms with Gasteiger partial charge in [0.15, 0.2) is 0 Å². The van der Waals surface area contributed by atoms with Crippen molar-refractivity contribution in [3.05, 3.63) is 95.1 Å².